The molecule has 0 aliphatic carbocycles. The number of hydrogen-bond donors (Lipinski definition) is 1. The van der Waals surface area contributed by atoms with Gasteiger partial charge in [-0.1, -0.05) is 0 Å². The van der Waals surface area contributed by atoms with Crippen molar-refractivity contribution in [3.63, 3.8) is 0 Å². The Balaban J connectivity index is 2.24. The molecule has 0 aromatic rings. The van der Waals surface area contributed by atoms with E-state index >= 15 is 0 Å². The van der Waals surface area contributed by atoms with E-state index in [1.807, 2.05) is 13.8 Å². The van der Waals surface area contributed by atoms with Crippen molar-refractivity contribution >= 4 is 16.6 Å². The standard InChI is InChI=1S/C10H17NO2S/c1-6(12)9-7-4-10(2,3)14(13)8(7)5-11-9/h7-9,11H,4-5H2,1-3H3/t7?,8?,9-,14?/m1/s1. The first-order valence-electron chi connectivity index (χ1n) is 5.08. The molecule has 14 heavy (non-hydrogen) atoms. The van der Waals surface area contributed by atoms with E-state index < -0.39 is 10.8 Å². The Kier molecular flexibility index (Phi) is 2.31. The Labute approximate surface area is 87.1 Å². The summed E-state index contributed by atoms with van der Waals surface area (Å²) in [5.74, 6) is 0.482. The lowest BCUT2D eigenvalue weighted by molar-refractivity contribution is -0.119. The van der Waals surface area contributed by atoms with Crippen LogP contribution in [0, 0.1) is 5.92 Å². The highest BCUT2D eigenvalue weighted by Gasteiger charge is 2.53. The van der Waals surface area contributed by atoms with E-state index in [1.165, 1.54) is 0 Å². The lowest BCUT2D eigenvalue weighted by Crippen LogP contribution is -2.36. The Morgan fingerprint density at radius 3 is 2.71 bits per heavy atom. The predicted molar refractivity (Wildman–Crippen MR) is 56.6 cm³/mol. The SMILES string of the molecule is CC(=O)[C@H]1NCC2C1CC(C)(C)S2=O. The third-order valence-corrected chi connectivity index (χ3v) is 5.75. The predicted octanol–water partition coefficient (Wildman–Crippen LogP) is 0.463. The van der Waals surface area contributed by atoms with Gasteiger partial charge in [-0.2, -0.15) is 0 Å². The van der Waals surface area contributed by atoms with Gasteiger partial charge in [0.1, 0.15) is 5.78 Å². The van der Waals surface area contributed by atoms with Gasteiger partial charge in [0, 0.05) is 22.1 Å². The third kappa shape index (κ3) is 1.36. The van der Waals surface area contributed by atoms with Crippen LogP contribution in [-0.4, -0.2) is 32.6 Å². The van der Waals surface area contributed by atoms with Crippen molar-refractivity contribution in [3.05, 3.63) is 0 Å². The van der Waals surface area contributed by atoms with Crippen molar-refractivity contribution < 1.29 is 9.00 Å². The molecular formula is C10H17NO2S. The fourth-order valence-corrected chi connectivity index (χ4v) is 4.74. The molecular weight excluding hydrogens is 198 g/mol. The smallest absolute Gasteiger partial charge is 0.147 e. The van der Waals surface area contributed by atoms with Crippen molar-refractivity contribution in [3.8, 4) is 0 Å². The molecule has 2 heterocycles. The molecule has 0 aromatic carbocycles. The lowest BCUT2D eigenvalue weighted by Gasteiger charge is -2.19. The number of ketones is 1. The zero-order valence-corrected chi connectivity index (χ0v) is 9.69. The van der Waals surface area contributed by atoms with Gasteiger partial charge in [0.2, 0.25) is 0 Å². The first kappa shape index (κ1) is 10.3. The topological polar surface area (TPSA) is 46.2 Å². The van der Waals surface area contributed by atoms with E-state index in [-0.39, 0.29) is 21.8 Å². The minimum absolute atomic E-state index is 0.0503. The number of carbonyl (C=O) groups excluding carboxylic acids is 1. The second kappa shape index (κ2) is 3.14. The Morgan fingerprint density at radius 2 is 2.14 bits per heavy atom. The number of Topliss-reactive ketones (excluding diaryl/α,β-unsaturated/α-hetero) is 1. The van der Waals surface area contributed by atoms with Gasteiger partial charge < -0.3 is 5.32 Å². The van der Waals surface area contributed by atoms with E-state index in [2.05, 4.69) is 5.32 Å². The van der Waals surface area contributed by atoms with E-state index in [9.17, 15) is 9.00 Å². The molecule has 0 spiro atoms. The van der Waals surface area contributed by atoms with Crippen LogP contribution in [0.15, 0.2) is 0 Å². The Bertz CT molecular complexity index is 300. The van der Waals surface area contributed by atoms with E-state index in [4.69, 9.17) is 0 Å². The molecule has 4 heteroatoms. The van der Waals surface area contributed by atoms with Crippen molar-refractivity contribution in [1.82, 2.24) is 5.32 Å². The first-order valence-corrected chi connectivity index (χ1v) is 6.29. The zero-order valence-electron chi connectivity index (χ0n) is 8.87. The number of carbonyl (C=O) groups is 1. The van der Waals surface area contributed by atoms with Crippen LogP contribution in [0.25, 0.3) is 0 Å². The third-order valence-electron chi connectivity index (χ3n) is 3.43. The van der Waals surface area contributed by atoms with E-state index in [1.54, 1.807) is 6.92 Å². The van der Waals surface area contributed by atoms with Crippen LogP contribution in [0.4, 0.5) is 0 Å². The molecule has 0 amide bonds. The molecule has 80 valence electrons. The van der Waals surface area contributed by atoms with Crippen LogP contribution in [0.5, 0.6) is 0 Å². The maximum absolute atomic E-state index is 12.0. The van der Waals surface area contributed by atoms with Gasteiger partial charge in [-0.3, -0.25) is 9.00 Å². The minimum Gasteiger partial charge on any atom is -0.306 e. The molecule has 2 saturated heterocycles. The van der Waals surface area contributed by atoms with Crippen LogP contribution in [0.3, 0.4) is 0 Å². The molecule has 2 aliphatic rings. The normalized spacial score (nSPS) is 45.1. The Morgan fingerprint density at radius 1 is 1.50 bits per heavy atom. The van der Waals surface area contributed by atoms with Crippen LogP contribution in [0.1, 0.15) is 27.2 Å². The van der Waals surface area contributed by atoms with Crippen molar-refractivity contribution in [1.29, 1.82) is 0 Å². The summed E-state index contributed by atoms with van der Waals surface area (Å²) in [5.41, 5.74) is 0. The maximum Gasteiger partial charge on any atom is 0.147 e. The van der Waals surface area contributed by atoms with Gasteiger partial charge in [-0.25, -0.2) is 0 Å². The molecule has 1 N–H and O–H groups in total. The number of rotatable bonds is 1. The largest absolute Gasteiger partial charge is 0.306 e. The van der Waals surface area contributed by atoms with E-state index in [0.717, 1.165) is 13.0 Å². The minimum atomic E-state index is -0.791. The summed E-state index contributed by atoms with van der Waals surface area (Å²) in [7, 11) is -0.791. The van der Waals surface area contributed by atoms with Gasteiger partial charge in [-0.15, -0.1) is 0 Å². The molecule has 3 nitrogen and oxygen atoms in total. The van der Waals surface area contributed by atoms with Crippen molar-refractivity contribution in [2.45, 2.75) is 43.2 Å². The van der Waals surface area contributed by atoms with Crippen LogP contribution >= 0.6 is 0 Å². The second-order valence-corrected chi connectivity index (χ2v) is 7.27. The summed E-state index contributed by atoms with van der Waals surface area (Å²) in [6.07, 6.45) is 0.904. The van der Waals surface area contributed by atoms with Crippen molar-refractivity contribution in [2.24, 2.45) is 5.92 Å². The highest BCUT2D eigenvalue weighted by Crippen LogP contribution is 2.42. The van der Waals surface area contributed by atoms with E-state index in [0.29, 0.717) is 5.92 Å². The Hall–Kier alpha value is -0.220. The lowest BCUT2D eigenvalue weighted by atomic mass is 9.89. The summed E-state index contributed by atoms with van der Waals surface area (Å²) in [4.78, 5) is 11.3. The number of hydrogen-bond acceptors (Lipinski definition) is 3. The monoisotopic (exact) mass is 215 g/mol. The molecule has 2 aliphatic heterocycles. The molecule has 0 radical (unpaired) electrons. The van der Waals surface area contributed by atoms with Crippen LogP contribution in [0.2, 0.25) is 0 Å². The highest BCUT2D eigenvalue weighted by atomic mass is 32.2. The molecule has 0 saturated carbocycles. The molecule has 2 fully saturated rings. The summed E-state index contributed by atoms with van der Waals surface area (Å²) in [6.45, 7) is 6.44. The fourth-order valence-electron chi connectivity index (χ4n) is 2.75. The first-order chi connectivity index (χ1) is 6.43. The highest BCUT2D eigenvalue weighted by molar-refractivity contribution is 7.87. The summed E-state index contributed by atoms with van der Waals surface area (Å²) in [5, 5.41) is 3.38. The zero-order chi connectivity index (χ0) is 10.5. The van der Waals surface area contributed by atoms with Gasteiger partial charge >= 0.3 is 0 Å². The average Bonchev–Trinajstić information content (AvgIpc) is 2.53. The van der Waals surface area contributed by atoms with Gasteiger partial charge in [0.25, 0.3) is 0 Å². The number of nitrogens with one attached hydrogen (secondary N) is 1. The van der Waals surface area contributed by atoms with Crippen LogP contribution < -0.4 is 5.32 Å². The molecule has 3 unspecified atom stereocenters. The molecule has 4 atom stereocenters. The number of fused-ring (bicyclic) bond motifs is 1. The molecule has 0 bridgehead atoms. The average molecular weight is 215 g/mol. The van der Waals surface area contributed by atoms with Crippen molar-refractivity contribution in [2.75, 3.05) is 6.54 Å². The fraction of sp³-hybridized carbons (Fsp3) is 0.900. The summed E-state index contributed by atoms with van der Waals surface area (Å²) >= 11 is 0. The molecule has 2 rings (SSSR count). The van der Waals surface area contributed by atoms with Crippen LogP contribution in [-0.2, 0) is 15.6 Å². The molecule has 0 aromatic heterocycles. The van der Waals surface area contributed by atoms with Gasteiger partial charge in [0.15, 0.2) is 0 Å². The summed E-state index contributed by atoms with van der Waals surface area (Å²) in [6, 6.07) is -0.0503. The quantitative estimate of drug-likeness (QED) is 0.691. The van der Waals surface area contributed by atoms with Gasteiger partial charge in [0.05, 0.1) is 11.3 Å². The van der Waals surface area contributed by atoms with Gasteiger partial charge in [-0.05, 0) is 33.1 Å². The maximum atomic E-state index is 12.0. The summed E-state index contributed by atoms with van der Waals surface area (Å²) < 4.78 is 11.9. The second-order valence-electron chi connectivity index (χ2n) is 4.96.